The lowest BCUT2D eigenvalue weighted by Gasteiger charge is -2.30. The van der Waals surface area contributed by atoms with Crippen molar-refractivity contribution < 1.29 is 18.0 Å². The maximum atomic E-state index is 12.4. The van der Waals surface area contributed by atoms with Crippen molar-refractivity contribution in [3.63, 3.8) is 0 Å². The average Bonchev–Trinajstić information content (AvgIpc) is 3.01. The molecule has 3 rings (SSSR count). The van der Waals surface area contributed by atoms with Gasteiger partial charge in [-0.3, -0.25) is 9.59 Å². The SMILES string of the molecule is CS(=O)(=O)N1CCC[C@@H](C(=O)Nc2ccc(N3CCCC3=O)cc2)C1. The molecule has 0 aromatic heterocycles. The Morgan fingerprint density at radius 3 is 2.48 bits per heavy atom. The summed E-state index contributed by atoms with van der Waals surface area (Å²) >= 11 is 0. The number of anilines is 2. The summed E-state index contributed by atoms with van der Waals surface area (Å²) < 4.78 is 24.7. The molecule has 0 saturated carbocycles. The molecule has 7 nitrogen and oxygen atoms in total. The maximum absolute atomic E-state index is 12.4. The van der Waals surface area contributed by atoms with Crippen LogP contribution in [0.4, 0.5) is 11.4 Å². The first-order valence-corrected chi connectivity index (χ1v) is 10.4. The lowest BCUT2D eigenvalue weighted by atomic mass is 9.98. The normalized spacial score (nSPS) is 22.2. The molecule has 1 N–H and O–H groups in total. The van der Waals surface area contributed by atoms with Crippen LogP contribution < -0.4 is 10.2 Å². The molecule has 136 valence electrons. The third-order valence-electron chi connectivity index (χ3n) is 4.74. The minimum absolute atomic E-state index is 0.125. The van der Waals surface area contributed by atoms with Crippen molar-refractivity contribution in [1.29, 1.82) is 0 Å². The van der Waals surface area contributed by atoms with Crippen molar-refractivity contribution in [3.8, 4) is 0 Å². The number of hydrogen-bond acceptors (Lipinski definition) is 4. The van der Waals surface area contributed by atoms with Gasteiger partial charge in [0.05, 0.1) is 12.2 Å². The van der Waals surface area contributed by atoms with E-state index in [9.17, 15) is 18.0 Å². The van der Waals surface area contributed by atoms with Gasteiger partial charge < -0.3 is 10.2 Å². The number of rotatable bonds is 4. The second-order valence-corrected chi connectivity index (χ2v) is 8.63. The standard InChI is InChI=1S/C17H23N3O4S/c1-25(23,24)19-10-2-4-13(12-19)17(22)18-14-6-8-15(9-7-14)20-11-3-5-16(20)21/h6-9,13H,2-5,10-12H2,1H3,(H,18,22)/t13-/m1/s1. The Kier molecular flexibility index (Phi) is 5.10. The summed E-state index contributed by atoms with van der Waals surface area (Å²) in [5.41, 5.74) is 1.48. The van der Waals surface area contributed by atoms with E-state index >= 15 is 0 Å². The summed E-state index contributed by atoms with van der Waals surface area (Å²) in [6, 6.07) is 7.19. The molecule has 1 atom stereocenters. The Hall–Kier alpha value is -1.93. The number of piperidine rings is 1. The largest absolute Gasteiger partial charge is 0.326 e. The lowest BCUT2D eigenvalue weighted by Crippen LogP contribution is -2.43. The molecule has 0 aliphatic carbocycles. The van der Waals surface area contributed by atoms with Crippen LogP contribution >= 0.6 is 0 Å². The van der Waals surface area contributed by atoms with Crippen molar-refractivity contribution in [2.45, 2.75) is 25.7 Å². The summed E-state index contributed by atoms with van der Waals surface area (Å²) in [5, 5.41) is 2.85. The average molecular weight is 365 g/mol. The van der Waals surface area contributed by atoms with E-state index in [1.807, 2.05) is 12.1 Å². The number of nitrogens with zero attached hydrogens (tertiary/aromatic N) is 2. The molecule has 25 heavy (non-hydrogen) atoms. The summed E-state index contributed by atoms with van der Waals surface area (Å²) in [4.78, 5) is 25.9. The van der Waals surface area contributed by atoms with Crippen LogP contribution in [0.1, 0.15) is 25.7 Å². The van der Waals surface area contributed by atoms with Crippen LogP contribution in [0.3, 0.4) is 0 Å². The maximum Gasteiger partial charge on any atom is 0.228 e. The molecule has 2 amide bonds. The second kappa shape index (κ2) is 7.13. The molecule has 1 aromatic carbocycles. The Morgan fingerprint density at radius 2 is 1.88 bits per heavy atom. The van der Waals surface area contributed by atoms with Gasteiger partial charge in [0.15, 0.2) is 0 Å². The van der Waals surface area contributed by atoms with Gasteiger partial charge in [-0.15, -0.1) is 0 Å². The van der Waals surface area contributed by atoms with E-state index in [1.54, 1.807) is 17.0 Å². The van der Waals surface area contributed by atoms with E-state index in [4.69, 9.17) is 0 Å². The van der Waals surface area contributed by atoms with Gasteiger partial charge in [-0.1, -0.05) is 0 Å². The van der Waals surface area contributed by atoms with E-state index in [2.05, 4.69) is 5.32 Å². The van der Waals surface area contributed by atoms with Crippen molar-refractivity contribution in [1.82, 2.24) is 4.31 Å². The number of amides is 2. The minimum atomic E-state index is -3.27. The molecular formula is C17H23N3O4S. The van der Waals surface area contributed by atoms with Gasteiger partial charge in [-0.2, -0.15) is 0 Å². The topological polar surface area (TPSA) is 86.8 Å². The number of carbonyl (C=O) groups excluding carboxylic acids is 2. The van der Waals surface area contributed by atoms with Crippen LogP contribution in [0.15, 0.2) is 24.3 Å². The predicted molar refractivity (Wildman–Crippen MR) is 95.8 cm³/mol. The Labute approximate surface area is 148 Å². The predicted octanol–water partition coefficient (Wildman–Crippen LogP) is 1.42. The molecule has 1 aromatic rings. The zero-order valence-corrected chi connectivity index (χ0v) is 15.1. The number of nitrogens with one attached hydrogen (secondary N) is 1. The van der Waals surface area contributed by atoms with Crippen LogP contribution in [0.2, 0.25) is 0 Å². The molecule has 8 heteroatoms. The summed E-state index contributed by atoms with van der Waals surface area (Å²) in [6.07, 6.45) is 3.98. The second-order valence-electron chi connectivity index (χ2n) is 6.65. The Morgan fingerprint density at radius 1 is 1.16 bits per heavy atom. The molecule has 2 fully saturated rings. The third kappa shape index (κ3) is 4.19. The molecule has 2 heterocycles. The molecule has 0 radical (unpaired) electrons. The van der Waals surface area contributed by atoms with Gasteiger partial charge in [0.25, 0.3) is 0 Å². The van der Waals surface area contributed by atoms with E-state index in [1.165, 1.54) is 10.6 Å². The Balaban J connectivity index is 1.62. The lowest BCUT2D eigenvalue weighted by molar-refractivity contribution is -0.121. The fourth-order valence-corrected chi connectivity index (χ4v) is 4.26. The first kappa shape index (κ1) is 17.9. The van der Waals surface area contributed by atoms with Crippen molar-refractivity contribution >= 4 is 33.2 Å². The van der Waals surface area contributed by atoms with Crippen molar-refractivity contribution in [2.75, 3.05) is 36.1 Å². The number of carbonyl (C=O) groups is 2. The molecule has 0 bridgehead atoms. The fourth-order valence-electron chi connectivity index (χ4n) is 3.35. The van der Waals surface area contributed by atoms with Gasteiger partial charge in [-0.05, 0) is 43.5 Å². The highest BCUT2D eigenvalue weighted by Crippen LogP contribution is 2.24. The monoisotopic (exact) mass is 365 g/mol. The van der Waals surface area contributed by atoms with E-state index in [0.29, 0.717) is 31.5 Å². The van der Waals surface area contributed by atoms with Crippen LogP contribution in [0.25, 0.3) is 0 Å². The fraction of sp³-hybridized carbons (Fsp3) is 0.529. The Bertz CT molecular complexity index is 761. The zero-order valence-electron chi connectivity index (χ0n) is 14.3. The van der Waals surface area contributed by atoms with Gasteiger partial charge in [0.2, 0.25) is 21.8 Å². The van der Waals surface area contributed by atoms with E-state index in [0.717, 1.165) is 18.7 Å². The highest BCUT2D eigenvalue weighted by molar-refractivity contribution is 7.88. The van der Waals surface area contributed by atoms with Gasteiger partial charge in [-0.25, -0.2) is 12.7 Å². The number of hydrogen-bond donors (Lipinski definition) is 1. The smallest absolute Gasteiger partial charge is 0.228 e. The summed E-state index contributed by atoms with van der Waals surface area (Å²) in [5.74, 6) is -0.387. The van der Waals surface area contributed by atoms with Gasteiger partial charge in [0.1, 0.15) is 0 Å². The zero-order chi connectivity index (χ0) is 18.0. The third-order valence-corrected chi connectivity index (χ3v) is 6.01. The van der Waals surface area contributed by atoms with Gasteiger partial charge in [0, 0.05) is 37.4 Å². The minimum Gasteiger partial charge on any atom is -0.326 e. The number of benzene rings is 1. The van der Waals surface area contributed by atoms with Gasteiger partial charge >= 0.3 is 0 Å². The molecule has 2 saturated heterocycles. The van der Waals surface area contributed by atoms with Crippen molar-refractivity contribution in [3.05, 3.63) is 24.3 Å². The van der Waals surface area contributed by atoms with Crippen LogP contribution in [0.5, 0.6) is 0 Å². The summed E-state index contributed by atoms with van der Waals surface area (Å²) in [6.45, 7) is 1.43. The van der Waals surface area contributed by atoms with Crippen LogP contribution in [-0.2, 0) is 19.6 Å². The first-order valence-electron chi connectivity index (χ1n) is 8.51. The molecule has 2 aliphatic heterocycles. The molecule has 0 unspecified atom stereocenters. The highest BCUT2D eigenvalue weighted by Gasteiger charge is 2.30. The molecule has 0 spiro atoms. The van der Waals surface area contributed by atoms with Crippen LogP contribution in [-0.4, -0.2) is 50.4 Å². The van der Waals surface area contributed by atoms with Crippen molar-refractivity contribution in [2.24, 2.45) is 5.92 Å². The van der Waals surface area contributed by atoms with Crippen LogP contribution in [0, 0.1) is 5.92 Å². The van der Waals surface area contributed by atoms with E-state index in [-0.39, 0.29) is 24.3 Å². The van der Waals surface area contributed by atoms with E-state index < -0.39 is 10.0 Å². The number of sulfonamides is 1. The molecular weight excluding hydrogens is 342 g/mol. The highest BCUT2D eigenvalue weighted by atomic mass is 32.2. The quantitative estimate of drug-likeness (QED) is 0.874. The summed E-state index contributed by atoms with van der Waals surface area (Å²) in [7, 11) is -3.27. The molecule has 2 aliphatic rings. The first-order chi connectivity index (χ1) is 11.8.